The van der Waals surface area contributed by atoms with E-state index in [9.17, 15) is 28.3 Å². The first-order valence-corrected chi connectivity index (χ1v) is 13.3. The van der Waals surface area contributed by atoms with Crippen LogP contribution >= 0.6 is 0 Å². The predicted octanol–water partition coefficient (Wildman–Crippen LogP) is 4.68. The second-order valence-electron chi connectivity index (χ2n) is 10.3. The van der Waals surface area contributed by atoms with Crippen molar-refractivity contribution in [2.45, 2.75) is 37.5 Å². The molecule has 1 fully saturated rings. The summed E-state index contributed by atoms with van der Waals surface area (Å²) in [6.07, 6.45) is -1.86. The lowest BCUT2D eigenvalue weighted by atomic mass is 9.98. The summed E-state index contributed by atoms with van der Waals surface area (Å²) >= 11 is 0. The van der Waals surface area contributed by atoms with E-state index in [4.69, 9.17) is 9.47 Å². The zero-order valence-corrected chi connectivity index (χ0v) is 22.3. The highest BCUT2D eigenvalue weighted by molar-refractivity contribution is 5.87. The molecule has 10 heteroatoms. The fraction of sp³-hybridized carbons (Fsp3) is 0.323. The molecule has 8 nitrogen and oxygen atoms in total. The molecule has 2 amide bonds. The number of fused-ring (bicyclic) bond motifs is 3. The van der Waals surface area contributed by atoms with Crippen molar-refractivity contribution in [3.63, 3.8) is 0 Å². The minimum Gasteiger partial charge on any atom is -0.481 e. The molecule has 0 bridgehead atoms. The van der Waals surface area contributed by atoms with Gasteiger partial charge in [-0.3, -0.25) is 9.59 Å². The van der Waals surface area contributed by atoms with Crippen LogP contribution in [0.25, 0.3) is 11.1 Å². The van der Waals surface area contributed by atoms with Gasteiger partial charge >= 0.3 is 12.1 Å². The van der Waals surface area contributed by atoms with Crippen LogP contribution in [0, 0.1) is 5.92 Å². The molecule has 3 atom stereocenters. The Morgan fingerprint density at radius 1 is 0.976 bits per heavy atom. The van der Waals surface area contributed by atoms with Gasteiger partial charge in [-0.2, -0.15) is 0 Å². The molecule has 0 aromatic heterocycles. The molecule has 1 aliphatic carbocycles. The molecule has 1 aliphatic heterocycles. The molecule has 2 aliphatic rings. The zero-order valence-electron chi connectivity index (χ0n) is 22.3. The molecule has 3 aromatic carbocycles. The van der Waals surface area contributed by atoms with E-state index in [1.54, 1.807) is 0 Å². The number of benzene rings is 3. The van der Waals surface area contributed by atoms with Crippen LogP contribution in [0.3, 0.4) is 0 Å². The Balaban J connectivity index is 1.30. The van der Waals surface area contributed by atoms with Crippen LogP contribution < -0.4 is 5.32 Å². The van der Waals surface area contributed by atoms with Crippen LogP contribution in [-0.2, 0) is 25.7 Å². The molecule has 1 saturated heterocycles. The minimum atomic E-state index is -3.61. The third-order valence-corrected chi connectivity index (χ3v) is 7.63. The third kappa shape index (κ3) is 5.92. The van der Waals surface area contributed by atoms with Crippen molar-refractivity contribution in [3.05, 3.63) is 95.6 Å². The fourth-order valence-electron chi connectivity index (χ4n) is 5.45. The highest BCUT2D eigenvalue weighted by Gasteiger charge is 2.54. The van der Waals surface area contributed by atoms with Crippen LogP contribution in [0.5, 0.6) is 0 Å². The molecule has 5 rings (SSSR count). The number of nitrogens with one attached hydrogen (secondary N) is 1. The number of rotatable bonds is 9. The molecule has 2 N–H and O–H groups in total. The van der Waals surface area contributed by atoms with Crippen molar-refractivity contribution >= 4 is 18.0 Å². The summed E-state index contributed by atoms with van der Waals surface area (Å²) < 4.78 is 40.2. The van der Waals surface area contributed by atoms with E-state index in [2.05, 4.69) is 5.32 Å². The van der Waals surface area contributed by atoms with Crippen molar-refractivity contribution in [1.82, 2.24) is 10.2 Å². The molecular formula is C31H30F2N2O6. The number of alkyl carbamates (subject to hydrolysis) is 1. The molecule has 0 spiro atoms. The van der Waals surface area contributed by atoms with E-state index in [0.29, 0.717) is 0 Å². The van der Waals surface area contributed by atoms with Gasteiger partial charge in [-0.15, -0.1) is 0 Å². The molecule has 214 valence electrons. The maximum absolute atomic E-state index is 14.4. The first-order valence-electron chi connectivity index (χ1n) is 13.3. The first-order chi connectivity index (χ1) is 19.7. The SMILES string of the molecule is C[C@H](OCc1ccccc1)[C@@H](NC(=O)OCC1c2ccccc2-c2ccccc21)C(=O)N1CC(C(=O)O)C(F)(F)C1. The standard InChI is InChI=1S/C31H30F2N2O6/c1-19(40-16-20-9-3-2-4-10-20)27(28(36)35-15-26(29(37)38)31(32,33)18-35)34-30(39)41-17-25-23-13-7-5-11-21(23)22-12-6-8-14-24(22)25/h2-14,19,25-27H,15-18H2,1H3,(H,34,39)(H,37,38)/t19-,26?,27+/m0/s1. The largest absolute Gasteiger partial charge is 0.481 e. The van der Waals surface area contributed by atoms with E-state index in [1.807, 2.05) is 78.9 Å². The second-order valence-corrected chi connectivity index (χ2v) is 10.3. The van der Waals surface area contributed by atoms with Gasteiger partial charge in [-0.1, -0.05) is 78.9 Å². The van der Waals surface area contributed by atoms with Crippen molar-refractivity contribution in [2.24, 2.45) is 5.92 Å². The van der Waals surface area contributed by atoms with Gasteiger partial charge in [0.2, 0.25) is 5.91 Å². The van der Waals surface area contributed by atoms with Crippen molar-refractivity contribution < 1.29 is 37.7 Å². The van der Waals surface area contributed by atoms with Gasteiger partial charge in [-0.05, 0) is 34.7 Å². The zero-order chi connectivity index (χ0) is 29.1. The van der Waals surface area contributed by atoms with Crippen molar-refractivity contribution in [2.75, 3.05) is 19.7 Å². The number of likely N-dealkylation sites (tertiary alicyclic amines) is 1. The maximum Gasteiger partial charge on any atom is 0.407 e. The average molecular weight is 565 g/mol. The van der Waals surface area contributed by atoms with Gasteiger partial charge in [0.15, 0.2) is 0 Å². The van der Waals surface area contributed by atoms with Crippen molar-refractivity contribution in [1.29, 1.82) is 0 Å². The van der Waals surface area contributed by atoms with Gasteiger partial charge in [0.05, 0.1) is 19.3 Å². The molecule has 0 radical (unpaired) electrons. The van der Waals surface area contributed by atoms with Crippen LogP contribution in [-0.4, -0.2) is 65.7 Å². The van der Waals surface area contributed by atoms with Crippen molar-refractivity contribution in [3.8, 4) is 11.1 Å². The number of halogens is 2. The molecule has 3 aromatic rings. The number of carboxylic acids is 1. The van der Waals surface area contributed by atoms with Gasteiger partial charge in [0.25, 0.3) is 5.92 Å². The number of ether oxygens (including phenoxy) is 2. The van der Waals surface area contributed by atoms with E-state index in [0.717, 1.165) is 32.7 Å². The molecule has 41 heavy (non-hydrogen) atoms. The van der Waals surface area contributed by atoms with Crippen LogP contribution in [0.1, 0.15) is 29.5 Å². The quantitative estimate of drug-likeness (QED) is 0.391. The smallest absolute Gasteiger partial charge is 0.407 e. The van der Waals surface area contributed by atoms with Crippen LogP contribution in [0.2, 0.25) is 0 Å². The van der Waals surface area contributed by atoms with Gasteiger partial charge in [0.1, 0.15) is 18.6 Å². The molecule has 0 saturated carbocycles. The number of amides is 2. The van der Waals surface area contributed by atoms with E-state index in [-0.39, 0.29) is 19.1 Å². The normalized spacial score (nSPS) is 18.7. The van der Waals surface area contributed by atoms with Gasteiger partial charge < -0.3 is 24.8 Å². The topological polar surface area (TPSA) is 105 Å². The summed E-state index contributed by atoms with van der Waals surface area (Å²) in [5.74, 6) is -8.43. The number of carbonyl (C=O) groups is 3. The van der Waals surface area contributed by atoms with E-state index >= 15 is 0 Å². The minimum absolute atomic E-state index is 0.0110. The van der Waals surface area contributed by atoms with Crippen LogP contribution in [0.15, 0.2) is 78.9 Å². The summed E-state index contributed by atoms with van der Waals surface area (Å²) in [7, 11) is 0. The summed E-state index contributed by atoms with van der Waals surface area (Å²) in [6.45, 7) is -0.125. The van der Waals surface area contributed by atoms with Crippen LogP contribution in [0.4, 0.5) is 13.6 Å². The lowest BCUT2D eigenvalue weighted by Gasteiger charge is -2.28. The first kappa shape index (κ1) is 28.2. The summed E-state index contributed by atoms with van der Waals surface area (Å²) in [6, 6.07) is 23.4. The Morgan fingerprint density at radius 3 is 2.15 bits per heavy atom. The lowest BCUT2D eigenvalue weighted by Crippen LogP contribution is -2.54. The Bertz CT molecular complexity index is 1390. The number of hydrogen-bond acceptors (Lipinski definition) is 5. The number of hydrogen-bond donors (Lipinski definition) is 2. The number of nitrogens with zero attached hydrogens (tertiary/aromatic N) is 1. The summed E-state index contributed by atoms with van der Waals surface area (Å²) in [4.78, 5) is 38.6. The maximum atomic E-state index is 14.4. The number of carbonyl (C=O) groups excluding carboxylic acids is 2. The molecule has 1 unspecified atom stereocenters. The Morgan fingerprint density at radius 2 is 1.56 bits per heavy atom. The number of carboxylic acid groups (broad SMARTS) is 1. The van der Waals surface area contributed by atoms with Gasteiger partial charge in [-0.25, -0.2) is 13.6 Å². The predicted molar refractivity (Wildman–Crippen MR) is 145 cm³/mol. The lowest BCUT2D eigenvalue weighted by molar-refractivity contribution is -0.151. The number of aliphatic carboxylic acids is 1. The molecular weight excluding hydrogens is 534 g/mol. The summed E-state index contributed by atoms with van der Waals surface area (Å²) in [5.41, 5.74) is 4.93. The monoisotopic (exact) mass is 564 g/mol. The Hall–Kier alpha value is -4.31. The van der Waals surface area contributed by atoms with E-state index in [1.165, 1.54) is 6.92 Å². The highest BCUT2D eigenvalue weighted by Crippen LogP contribution is 2.44. The average Bonchev–Trinajstić information content (AvgIpc) is 3.47. The van der Waals surface area contributed by atoms with Gasteiger partial charge in [0, 0.05) is 12.5 Å². The second kappa shape index (κ2) is 11.7. The Kier molecular flexibility index (Phi) is 8.03. The fourth-order valence-corrected chi connectivity index (χ4v) is 5.45. The highest BCUT2D eigenvalue weighted by atomic mass is 19.3. The molecule has 1 heterocycles. The third-order valence-electron chi connectivity index (χ3n) is 7.63. The number of alkyl halides is 2. The summed E-state index contributed by atoms with van der Waals surface area (Å²) in [5, 5.41) is 11.7. The Labute approximate surface area is 235 Å². The van der Waals surface area contributed by atoms with E-state index < -0.39 is 55.0 Å².